The van der Waals surface area contributed by atoms with Crippen LogP contribution in [0.4, 0.5) is 10.1 Å². The van der Waals surface area contributed by atoms with Gasteiger partial charge in [-0.3, -0.25) is 4.79 Å². The van der Waals surface area contributed by atoms with Crippen molar-refractivity contribution in [2.75, 3.05) is 12.4 Å². The van der Waals surface area contributed by atoms with Gasteiger partial charge >= 0.3 is 0 Å². The zero-order valence-corrected chi connectivity index (χ0v) is 19.4. The summed E-state index contributed by atoms with van der Waals surface area (Å²) in [6.07, 6.45) is 3.22. The van der Waals surface area contributed by atoms with Crippen LogP contribution in [0, 0.1) is 12.7 Å². The molecule has 32 heavy (non-hydrogen) atoms. The van der Waals surface area contributed by atoms with Crippen LogP contribution in [0.25, 0.3) is 27.7 Å². The third kappa shape index (κ3) is 4.32. The highest BCUT2D eigenvalue weighted by molar-refractivity contribution is 9.10. The topological polar surface area (TPSA) is 51.5 Å². The Morgan fingerprint density at radius 1 is 1.16 bits per heavy atom. The Morgan fingerprint density at radius 3 is 2.59 bits per heavy atom. The molecule has 0 aliphatic rings. The third-order valence-corrected chi connectivity index (χ3v) is 5.80. The maximum atomic E-state index is 13.4. The van der Waals surface area contributed by atoms with Crippen molar-refractivity contribution < 1.29 is 18.3 Å². The van der Waals surface area contributed by atoms with Gasteiger partial charge in [0.15, 0.2) is 0 Å². The number of amides is 1. The van der Waals surface area contributed by atoms with Crippen LogP contribution in [0.1, 0.15) is 18.1 Å². The summed E-state index contributed by atoms with van der Waals surface area (Å²) in [6.45, 7) is 3.77. The Morgan fingerprint density at radius 2 is 1.91 bits per heavy atom. The molecule has 0 saturated carbocycles. The van der Waals surface area contributed by atoms with Gasteiger partial charge in [-0.05, 0) is 61.4 Å². The third-order valence-electron chi connectivity index (χ3n) is 5.27. The summed E-state index contributed by atoms with van der Waals surface area (Å²) in [5, 5.41) is 3.62. The van der Waals surface area contributed by atoms with Crippen LogP contribution < -0.4 is 10.1 Å². The average molecular weight is 494 g/mol. The van der Waals surface area contributed by atoms with E-state index in [-0.39, 0.29) is 5.91 Å². The van der Waals surface area contributed by atoms with Crippen LogP contribution in [-0.4, -0.2) is 13.0 Å². The Hall–Kier alpha value is -3.38. The van der Waals surface area contributed by atoms with Gasteiger partial charge in [0.25, 0.3) is 0 Å². The minimum Gasteiger partial charge on any atom is -0.496 e. The quantitative estimate of drug-likeness (QED) is 0.295. The molecule has 1 N–H and O–H groups in total. The van der Waals surface area contributed by atoms with Crippen LogP contribution >= 0.6 is 15.9 Å². The van der Waals surface area contributed by atoms with Gasteiger partial charge in [-0.2, -0.15) is 0 Å². The number of carbonyl (C=O) groups excluding carboxylic acids is 1. The average Bonchev–Trinajstić information content (AvgIpc) is 3.18. The Balaban J connectivity index is 1.76. The molecule has 1 amide bonds. The van der Waals surface area contributed by atoms with E-state index in [1.54, 1.807) is 25.5 Å². The number of anilines is 1. The molecule has 0 saturated heterocycles. The summed E-state index contributed by atoms with van der Waals surface area (Å²) in [7, 11) is 1.59. The molecule has 0 radical (unpaired) electrons. The summed E-state index contributed by atoms with van der Waals surface area (Å²) >= 11 is 3.46. The smallest absolute Gasteiger partial charge is 0.248 e. The van der Waals surface area contributed by atoms with Crippen LogP contribution in [-0.2, 0) is 4.79 Å². The number of methoxy groups -OCH3 is 1. The first kappa shape index (κ1) is 21.8. The monoisotopic (exact) mass is 493 g/mol. The van der Waals surface area contributed by atoms with E-state index >= 15 is 0 Å². The normalized spacial score (nSPS) is 11.6. The fourth-order valence-electron chi connectivity index (χ4n) is 3.74. The van der Waals surface area contributed by atoms with Gasteiger partial charge in [-0.25, -0.2) is 4.39 Å². The zero-order valence-electron chi connectivity index (χ0n) is 17.8. The van der Waals surface area contributed by atoms with E-state index in [4.69, 9.17) is 9.15 Å². The van der Waals surface area contributed by atoms with Crippen molar-refractivity contribution in [1.29, 1.82) is 0 Å². The van der Waals surface area contributed by atoms with Crippen molar-refractivity contribution >= 4 is 44.1 Å². The number of halogens is 2. The Bertz CT molecular complexity index is 1340. The van der Waals surface area contributed by atoms with Gasteiger partial charge in [0.05, 0.1) is 13.4 Å². The minimum absolute atomic E-state index is 0.353. The molecule has 3 aromatic carbocycles. The fourth-order valence-corrected chi connectivity index (χ4v) is 4.01. The molecule has 4 rings (SSSR count). The number of hydrogen-bond donors (Lipinski definition) is 1. The van der Waals surface area contributed by atoms with E-state index in [0.717, 1.165) is 37.7 Å². The fraction of sp³-hybridized carbons (Fsp3) is 0.115. The molecule has 4 aromatic rings. The second-order valence-electron chi connectivity index (χ2n) is 7.44. The van der Waals surface area contributed by atoms with E-state index in [2.05, 4.69) is 21.2 Å². The van der Waals surface area contributed by atoms with Gasteiger partial charge in [0.2, 0.25) is 5.91 Å². The maximum absolute atomic E-state index is 13.4. The number of carbonyl (C=O) groups is 1. The van der Waals surface area contributed by atoms with Crippen LogP contribution in [0.3, 0.4) is 0 Å². The van der Waals surface area contributed by atoms with Gasteiger partial charge in [-0.15, -0.1) is 0 Å². The Labute approximate surface area is 193 Å². The minimum atomic E-state index is -0.410. The predicted molar refractivity (Wildman–Crippen MR) is 129 cm³/mol. The molecule has 0 bridgehead atoms. The molecule has 0 aliphatic carbocycles. The van der Waals surface area contributed by atoms with Crippen molar-refractivity contribution in [3.8, 4) is 16.9 Å². The number of ether oxygens (including phenoxy) is 1. The number of hydrogen-bond acceptors (Lipinski definition) is 3. The molecule has 0 atom stereocenters. The summed E-state index contributed by atoms with van der Waals surface area (Å²) in [6, 6.07) is 15.7. The lowest BCUT2D eigenvalue weighted by Gasteiger charge is -2.13. The molecular weight excluding hydrogens is 473 g/mol. The lowest BCUT2D eigenvalue weighted by molar-refractivity contribution is -0.111. The first-order valence-electron chi connectivity index (χ1n) is 9.97. The number of furan rings is 1. The summed E-state index contributed by atoms with van der Waals surface area (Å²) in [4.78, 5) is 12.6. The predicted octanol–water partition coefficient (Wildman–Crippen LogP) is 7.36. The number of rotatable bonds is 5. The zero-order chi connectivity index (χ0) is 22.8. The standard InChI is InChI=1S/C26H21BrFNO3/c1-15(11-24(30)29-20-6-4-5-19(28)12-20)21-13-22-23(17-7-9-18(27)10-8-17)14-32-26(22)16(2)25(21)31-3/h4-14H,1-3H3,(H,29,30)/b15-11+. The van der Waals surface area contributed by atoms with Gasteiger partial charge in [-0.1, -0.05) is 34.1 Å². The van der Waals surface area contributed by atoms with Crippen LogP contribution in [0.15, 0.2) is 75.8 Å². The van der Waals surface area contributed by atoms with Crippen molar-refractivity contribution in [2.24, 2.45) is 0 Å². The number of nitrogens with one attached hydrogen (secondary N) is 1. The van der Waals surface area contributed by atoms with E-state index in [1.807, 2.05) is 44.2 Å². The van der Waals surface area contributed by atoms with Crippen molar-refractivity contribution in [3.63, 3.8) is 0 Å². The van der Waals surface area contributed by atoms with Crippen molar-refractivity contribution in [1.82, 2.24) is 0 Å². The van der Waals surface area contributed by atoms with Crippen molar-refractivity contribution in [3.05, 3.63) is 88.4 Å². The summed E-state index contributed by atoms with van der Waals surface area (Å²) in [5.74, 6) is -0.124. The molecule has 1 aromatic heterocycles. The molecule has 0 spiro atoms. The molecule has 0 fully saturated rings. The first-order valence-corrected chi connectivity index (χ1v) is 10.8. The maximum Gasteiger partial charge on any atom is 0.248 e. The Kier molecular flexibility index (Phi) is 6.15. The first-order chi connectivity index (χ1) is 15.4. The van der Waals surface area contributed by atoms with Crippen LogP contribution in [0.2, 0.25) is 0 Å². The van der Waals surface area contributed by atoms with Gasteiger partial charge in [0.1, 0.15) is 17.1 Å². The largest absolute Gasteiger partial charge is 0.496 e. The second-order valence-corrected chi connectivity index (χ2v) is 8.36. The molecule has 1 heterocycles. The molecule has 162 valence electrons. The number of fused-ring (bicyclic) bond motifs is 1. The van der Waals surface area contributed by atoms with Gasteiger partial charge < -0.3 is 14.5 Å². The number of aryl methyl sites for hydroxylation is 1. The number of benzene rings is 3. The van der Waals surface area contributed by atoms with E-state index in [0.29, 0.717) is 17.0 Å². The number of allylic oxidation sites excluding steroid dienone is 1. The lowest BCUT2D eigenvalue weighted by atomic mass is 9.96. The second kappa shape index (κ2) is 9.01. The molecule has 0 aliphatic heterocycles. The summed E-state index contributed by atoms with van der Waals surface area (Å²) < 4.78 is 26.0. The van der Waals surface area contributed by atoms with E-state index in [1.165, 1.54) is 18.2 Å². The molecular formula is C26H21BrFNO3. The SMILES string of the molecule is COc1c(/C(C)=C/C(=O)Nc2cccc(F)c2)cc2c(-c3ccc(Br)cc3)coc2c1C. The molecule has 0 unspecified atom stereocenters. The highest BCUT2D eigenvalue weighted by Crippen LogP contribution is 2.40. The van der Waals surface area contributed by atoms with Crippen LogP contribution in [0.5, 0.6) is 5.75 Å². The highest BCUT2D eigenvalue weighted by Gasteiger charge is 2.19. The molecule has 4 nitrogen and oxygen atoms in total. The van der Waals surface area contributed by atoms with E-state index in [9.17, 15) is 9.18 Å². The summed E-state index contributed by atoms with van der Waals surface area (Å²) in [5.41, 5.74) is 5.45. The van der Waals surface area contributed by atoms with E-state index < -0.39 is 5.82 Å². The lowest BCUT2D eigenvalue weighted by Crippen LogP contribution is -2.09. The van der Waals surface area contributed by atoms with Crippen molar-refractivity contribution in [2.45, 2.75) is 13.8 Å². The highest BCUT2D eigenvalue weighted by atomic mass is 79.9. The van der Waals surface area contributed by atoms with Gasteiger partial charge in [0, 0.05) is 38.3 Å². The molecule has 6 heteroatoms.